The van der Waals surface area contributed by atoms with Gasteiger partial charge < -0.3 is 10.1 Å². The molecule has 1 heterocycles. The molecular weight excluding hydrogens is 242 g/mol. The summed E-state index contributed by atoms with van der Waals surface area (Å²) in [5, 5.41) is 2.93. The second-order valence-corrected chi connectivity index (χ2v) is 5.44. The average Bonchev–Trinajstić information content (AvgIpc) is 2.78. The highest BCUT2D eigenvalue weighted by Crippen LogP contribution is 2.41. The third-order valence-corrected chi connectivity index (χ3v) is 4.40. The molecule has 1 N–H and O–H groups in total. The normalized spacial score (nSPS) is 25.0. The summed E-state index contributed by atoms with van der Waals surface area (Å²) < 4.78 is 4.75. The van der Waals surface area contributed by atoms with Crippen molar-refractivity contribution in [2.24, 2.45) is 5.41 Å². The maximum Gasteiger partial charge on any atom is 0.337 e. The van der Waals surface area contributed by atoms with E-state index in [4.69, 9.17) is 4.74 Å². The fourth-order valence-electron chi connectivity index (χ4n) is 3.23. The number of carbonyl (C=O) groups is 2. The summed E-state index contributed by atoms with van der Waals surface area (Å²) in [7, 11) is 1.38. The van der Waals surface area contributed by atoms with E-state index in [1.807, 2.05) is 12.1 Å². The smallest absolute Gasteiger partial charge is 0.337 e. The molecule has 3 rings (SSSR count). The summed E-state index contributed by atoms with van der Waals surface area (Å²) in [6.07, 6.45) is 3.44. The van der Waals surface area contributed by atoms with E-state index < -0.39 is 0 Å². The topological polar surface area (TPSA) is 55.4 Å². The lowest BCUT2D eigenvalue weighted by molar-refractivity contribution is -0.128. The lowest BCUT2D eigenvalue weighted by Crippen LogP contribution is -2.36. The molecule has 1 aromatic rings. The van der Waals surface area contributed by atoms with Crippen LogP contribution in [0.25, 0.3) is 0 Å². The van der Waals surface area contributed by atoms with Gasteiger partial charge in [0.15, 0.2) is 0 Å². The van der Waals surface area contributed by atoms with Crippen molar-refractivity contribution in [1.82, 2.24) is 5.32 Å². The Balaban J connectivity index is 1.95. The van der Waals surface area contributed by atoms with Gasteiger partial charge in [0.2, 0.25) is 5.91 Å². The van der Waals surface area contributed by atoms with E-state index in [1.54, 1.807) is 6.07 Å². The lowest BCUT2D eigenvalue weighted by atomic mass is 9.70. The zero-order chi connectivity index (χ0) is 13.5. The molecule has 0 saturated carbocycles. The van der Waals surface area contributed by atoms with Gasteiger partial charge in [-0.3, -0.25) is 4.79 Å². The highest BCUT2D eigenvalue weighted by molar-refractivity contribution is 5.90. The van der Waals surface area contributed by atoms with E-state index in [-0.39, 0.29) is 17.3 Å². The Bertz CT molecular complexity index is 552. The lowest BCUT2D eigenvalue weighted by Gasteiger charge is -2.32. The van der Waals surface area contributed by atoms with Crippen molar-refractivity contribution in [3.8, 4) is 0 Å². The Kier molecular flexibility index (Phi) is 2.81. The summed E-state index contributed by atoms with van der Waals surface area (Å²) in [4.78, 5) is 23.6. The van der Waals surface area contributed by atoms with Crippen LogP contribution in [0.2, 0.25) is 0 Å². The maximum atomic E-state index is 12.0. The quantitative estimate of drug-likeness (QED) is 0.777. The van der Waals surface area contributed by atoms with Crippen LogP contribution in [0.15, 0.2) is 18.2 Å². The summed E-state index contributed by atoms with van der Waals surface area (Å²) in [6.45, 7) is 0.769. The number of amides is 1. The number of aryl methyl sites for hydroxylation is 1. The fourth-order valence-corrected chi connectivity index (χ4v) is 3.23. The molecule has 100 valence electrons. The minimum atomic E-state index is -0.321. The largest absolute Gasteiger partial charge is 0.465 e. The van der Waals surface area contributed by atoms with Crippen LogP contribution in [0.5, 0.6) is 0 Å². The molecule has 0 radical (unpaired) electrons. The SMILES string of the molecule is COC(=O)c1ccc2c(c1)CC1(CCNC1=O)CC2. The third kappa shape index (κ3) is 1.91. The van der Waals surface area contributed by atoms with Gasteiger partial charge in [-0.15, -0.1) is 0 Å². The first-order valence-corrected chi connectivity index (χ1v) is 6.63. The molecule has 4 nitrogen and oxygen atoms in total. The van der Waals surface area contributed by atoms with Gasteiger partial charge in [-0.2, -0.15) is 0 Å². The Morgan fingerprint density at radius 2 is 2.16 bits per heavy atom. The van der Waals surface area contributed by atoms with E-state index in [2.05, 4.69) is 5.32 Å². The highest BCUT2D eigenvalue weighted by atomic mass is 16.5. The molecule has 1 saturated heterocycles. The first kappa shape index (κ1) is 12.2. The molecule has 1 aromatic carbocycles. The maximum absolute atomic E-state index is 12.0. The zero-order valence-corrected chi connectivity index (χ0v) is 11.0. The molecule has 1 aliphatic carbocycles. The number of nitrogens with one attached hydrogen (secondary N) is 1. The number of hydrogen-bond acceptors (Lipinski definition) is 3. The molecule has 1 atom stereocenters. The van der Waals surface area contributed by atoms with Crippen LogP contribution < -0.4 is 5.32 Å². The molecular formula is C15H17NO3. The monoisotopic (exact) mass is 259 g/mol. The summed E-state index contributed by atoms with van der Waals surface area (Å²) in [5.74, 6) is -0.153. The Morgan fingerprint density at radius 1 is 1.32 bits per heavy atom. The number of methoxy groups -OCH3 is 1. The molecule has 1 amide bonds. The van der Waals surface area contributed by atoms with Crippen LogP contribution in [0.4, 0.5) is 0 Å². The molecule has 0 aromatic heterocycles. The molecule has 4 heteroatoms. The second-order valence-electron chi connectivity index (χ2n) is 5.44. The fraction of sp³-hybridized carbons (Fsp3) is 0.467. The van der Waals surface area contributed by atoms with E-state index in [0.29, 0.717) is 5.56 Å². The van der Waals surface area contributed by atoms with Gasteiger partial charge in [-0.25, -0.2) is 4.79 Å². The van der Waals surface area contributed by atoms with Crippen LogP contribution in [0.3, 0.4) is 0 Å². The number of rotatable bonds is 1. The number of hydrogen-bond donors (Lipinski definition) is 1. The Labute approximate surface area is 112 Å². The number of carbonyl (C=O) groups excluding carboxylic acids is 2. The minimum Gasteiger partial charge on any atom is -0.465 e. The number of ether oxygens (including phenoxy) is 1. The van der Waals surface area contributed by atoms with Crippen LogP contribution in [0, 0.1) is 5.41 Å². The molecule has 19 heavy (non-hydrogen) atoms. The van der Waals surface area contributed by atoms with Crippen LogP contribution in [-0.2, 0) is 22.4 Å². The molecule has 1 unspecified atom stereocenters. The number of esters is 1. The van der Waals surface area contributed by atoms with Crippen LogP contribution in [-0.4, -0.2) is 25.5 Å². The van der Waals surface area contributed by atoms with Crippen molar-refractivity contribution in [3.63, 3.8) is 0 Å². The van der Waals surface area contributed by atoms with Gasteiger partial charge in [0, 0.05) is 6.54 Å². The number of fused-ring (bicyclic) bond motifs is 1. The Hall–Kier alpha value is -1.84. The van der Waals surface area contributed by atoms with Gasteiger partial charge in [-0.05, 0) is 48.9 Å². The van der Waals surface area contributed by atoms with Gasteiger partial charge >= 0.3 is 5.97 Å². The summed E-state index contributed by atoms with van der Waals surface area (Å²) in [5.41, 5.74) is 2.68. The minimum absolute atomic E-state index is 0.168. The van der Waals surface area contributed by atoms with E-state index >= 15 is 0 Å². The van der Waals surface area contributed by atoms with Gasteiger partial charge in [-0.1, -0.05) is 6.07 Å². The summed E-state index contributed by atoms with van der Waals surface area (Å²) >= 11 is 0. The molecule has 0 bridgehead atoms. The standard InChI is InChI=1S/C15H17NO3/c1-19-13(17)11-3-2-10-4-5-15(9-12(10)8-11)6-7-16-14(15)18/h2-3,8H,4-7,9H2,1H3,(H,16,18). The summed E-state index contributed by atoms with van der Waals surface area (Å²) in [6, 6.07) is 5.67. The van der Waals surface area contributed by atoms with Crippen LogP contribution >= 0.6 is 0 Å². The van der Waals surface area contributed by atoms with Crippen molar-refractivity contribution in [3.05, 3.63) is 34.9 Å². The molecule has 1 fully saturated rings. The first-order valence-electron chi connectivity index (χ1n) is 6.63. The third-order valence-electron chi connectivity index (χ3n) is 4.40. The molecule has 2 aliphatic rings. The van der Waals surface area contributed by atoms with Crippen molar-refractivity contribution in [1.29, 1.82) is 0 Å². The molecule has 1 spiro atoms. The van der Waals surface area contributed by atoms with E-state index in [1.165, 1.54) is 12.7 Å². The zero-order valence-electron chi connectivity index (χ0n) is 11.0. The average molecular weight is 259 g/mol. The predicted molar refractivity (Wildman–Crippen MR) is 69.9 cm³/mol. The second kappa shape index (κ2) is 4.37. The highest BCUT2D eigenvalue weighted by Gasteiger charge is 2.44. The Morgan fingerprint density at radius 3 is 2.84 bits per heavy atom. The van der Waals surface area contributed by atoms with Crippen molar-refractivity contribution < 1.29 is 14.3 Å². The molecule has 1 aliphatic heterocycles. The van der Waals surface area contributed by atoms with Crippen molar-refractivity contribution in [2.75, 3.05) is 13.7 Å². The van der Waals surface area contributed by atoms with Crippen LogP contribution in [0.1, 0.15) is 34.3 Å². The first-order chi connectivity index (χ1) is 9.14. The van der Waals surface area contributed by atoms with Crippen molar-refractivity contribution >= 4 is 11.9 Å². The van der Waals surface area contributed by atoms with Gasteiger partial charge in [0.05, 0.1) is 18.1 Å². The van der Waals surface area contributed by atoms with Crippen molar-refractivity contribution in [2.45, 2.75) is 25.7 Å². The van der Waals surface area contributed by atoms with Gasteiger partial charge in [0.1, 0.15) is 0 Å². The van der Waals surface area contributed by atoms with E-state index in [0.717, 1.165) is 37.8 Å². The predicted octanol–water partition coefficient (Wildman–Crippen LogP) is 1.47. The number of benzene rings is 1. The van der Waals surface area contributed by atoms with E-state index in [9.17, 15) is 9.59 Å². The van der Waals surface area contributed by atoms with Gasteiger partial charge in [0.25, 0.3) is 0 Å².